The Morgan fingerprint density at radius 1 is 1.05 bits per heavy atom. The maximum atomic E-state index is 15.3. The molecule has 1 fully saturated rings. The molecule has 16 nitrogen and oxygen atoms in total. The van der Waals surface area contributed by atoms with Gasteiger partial charge in [-0.15, -0.1) is 0 Å². The number of amides is 1. The molecule has 8 rings (SSSR count). The first kappa shape index (κ1) is 43.7. The fraction of sp³-hybridized carbons (Fsp3) is 0.468. The molecular formula is C47H54N4O12. The predicted molar refractivity (Wildman–Crippen MR) is 237 cm³/mol. The SMILES string of the molecule is CNC1CCN(c2cc(=O)c3nc4c(oc3c2)c2c(=O)c3c(O)c5c6c(c34)=C(O)[C@@](C)(O/C=C/[C@H](OC)[C@@]5(C)[C@@H](OC(C)=O)[C@H](O)C[C@H](C)C[C@@H](C)/C=C/C=C(/C)C(=O)N2)O6)CC1. The first-order valence-electron chi connectivity index (χ1n) is 21.3. The summed E-state index contributed by atoms with van der Waals surface area (Å²) in [5.74, 6) is -4.99. The maximum absolute atomic E-state index is 15.3. The zero-order valence-corrected chi connectivity index (χ0v) is 36.7. The van der Waals surface area contributed by atoms with E-state index in [1.165, 1.54) is 39.4 Å². The Morgan fingerprint density at radius 2 is 1.78 bits per heavy atom. The van der Waals surface area contributed by atoms with Crippen LogP contribution in [0.25, 0.3) is 38.7 Å². The van der Waals surface area contributed by atoms with Crippen molar-refractivity contribution in [3.8, 4) is 11.5 Å². The summed E-state index contributed by atoms with van der Waals surface area (Å²) in [5, 5.41) is 42.7. The number of nitrogens with zero attached hydrogens (tertiary/aromatic N) is 2. The molecule has 5 heterocycles. The van der Waals surface area contributed by atoms with Crippen LogP contribution in [0.1, 0.15) is 72.8 Å². The van der Waals surface area contributed by atoms with Crippen molar-refractivity contribution in [3.63, 3.8) is 0 Å². The highest BCUT2D eigenvalue weighted by Gasteiger charge is 2.55. The number of phenols is 1. The molecule has 1 saturated heterocycles. The van der Waals surface area contributed by atoms with Gasteiger partial charge in [0.05, 0.1) is 40.1 Å². The molecule has 5 bridgehead atoms. The number of aliphatic hydroxyl groups is 2. The molecule has 4 aliphatic heterocycles. The largest absolute Gasteiger partial charge is 0.507 e. The molecule has 7 atom stereocenters. The van der Waals surface area contributed by atoms with Crippen LogP contribution in [0.3, 0.4) is 0 Å². The zero-order valence-electron chi connectivity index (χ0n) is 36.7. The number of esters is 1. The Labute approximate surface area is 362 Å². The van der Waals surface area contributed by atoms with Gasteiger partial charge in [-0.05, 0) is 64.5 Å². The van der Waals surface area contributed by atoms with E-state index in [1.54, 1.807) is 32.1 Å². The van der Waals surface area contributed by atoms with E-state index in [1.807, 2.05) is 27.0 Å². The number of hydrogen-bond acceptors (Lipinski definition) is 15. The molecular weight excluding hydrogens is 813 g/mol. The molecule has 5 N–H and O–H groups in total. The Bertz CT molecular complexity index is 2830. The van der Waals surface area contributed by atoms with E-state index in [0.29, 0.717) is 31.2 Å². The number of hydrogen-bond donors (Lipinski definition) is 5. The number of piperidine rings is 1. The third kappa shape index (κ3) is 7.27. The van der Waals surface area contributed by atoms with Crippen LogP contribution in [-0.4, -0.2) is 89.6 Å². The average molecular weight is 867 g/mol. The first-order valence-corrected chi connectivity index (χ1v) is 21.3. The molecule has 1 amide bonds. The van der Waals surface area contributed by atoms with Crippen molar-refractivity contribution >= 4 is 62.0 Å². The van der Waals surface area contributed by atoms with Crippen LogP contribution in [0.15, 0.2) is 62.3 Å². The molecule has 4 aromatic rings. The lowest BCUT2D eigenvalue weighted by Gasteiger charge is -2.44. The Morgan fingerprint density at radius 3 is 2.46 bits per heavy atom. The number of carbonyl (C=O) groups excluding carboxylic acids is 2. The highest BCUT2D eigenvalue weighted by molar-refractivity contribution is 6.17. The summed E-state index contributed by atoms with van der Waals surface area (Å²) < 4.78 is 31.1. The average Bonchev–Trinajstić information content (AvgIpc) is 3.51. The lowest BCUT2D eigenvalue weighted by molar-refractivity contribution is -0.164. The number of ether oxygens (including phenoxy) is 4. The van der Waals surface area contributed by atoms with Gasteiger partial charge in [0.15, 0.2) is 22.4 Å². The fourth-order valence-electron chi connectivity index (χ4n) is 9.93. The molecule has 3 aromatic carbocycles. The van der Waals surface area contributed by atoms with E-state index in [0.717, 1.165) is 12.8 Å². The van der Waals surface area contributed by atoms with Gasteiger partial charge >= 0.3 is 11.8 Å². The summed E-state index contributed by atoms with van der Waals surface area (Å²) in [6.07, 6.45) is 6.40. The van der Waals surface area contributed by atoms with Crippen LogP contribution >= 0.6 is 0 Å². The second kappa shape index (κ2) is 16.3. The van der Waals surface area contributed by atoms with Crippen LogP contribution in [-0.2, 0) is 29.2 Å². The van der Waals surface area contributed by atoms with E-state index in [4.69, 9.17) is 28.3 Å². The molecule has 0 saturated carbocycles. The number of aliphatic hydroxyl groups excluding tert-OH is 2. The smallest absolute Gasteiger partial charge is 0.307 e. The van der Waals surface area contributed by atoms with E-state index >= 15 is 4.79 Å². The number of nitrogens with one attached hydrogen (secondary N) is 2. The summed E-state index contributed by atoms with van der Waals surface area (Å²) in [6, 6.07) is 3.47. The maximum Gasteiger partial charge on any atom is 0.307 e. The monoisotopic (exact) mass is 866 g/mol. The lowest BCUT2D eigenvalue weighted by Crippen LogP contribution is -2.55. The van der Waals surface area contributed by atoms with Crippen molar-refractivity contribution in [1.29, 1.82) is 0 Å². The molecule has 0 spiro atoms. The fourth-order valence-corrected chi connectivity index (χ4v) is 9.93. The number of fused-ring (bicyclic) bond motifs is 7. The second-order valence-corrected chi connectivity index (χ2v) is 17.7. The van der Waals surface area contributed by atoms with E-state index in [2.05, 4.69) is 15.5 Å². The Kier molecular flexibility index (Phi) is 11.3. The zero-order chi connectivity index (χ0) is 45.3. The van der Waals surface area contributed by atoms with E-state index in [-0.39, 0.29) is 67.9 Å². The van der Waals surface area contributed by atoms with Gasteiger partial charge in [-0.25, -0.2) is 4.98 Å². The Hall–Kier alpha value is -5.97. The molecule has 1 aromatic heterocycles. The molecule has 0 aliphatic carbocycles. The standard InChI is InChI=1S/C47H54N4O12/c1-22-10-9-11-24(3)45(58)50-38-40(56)33-32(37-42(38)62-30-21-27(20-28(53)36(30)49-37)51-15-12-26(48-7)13-16-51)34-41-35(39(33)55)46(5,44(61-25(4)52)29(54)19-23(2)18-22)31(59-8)14-17-60-47(6,63-41)43(34)57/h9-11,14,17,20-23,26,29,31,44,48,54-55,57H,12-13,15-16,18-19H2,1-8H3,(H,50,58)/b10-9+,17-14+,24-11-/t22-,23+,29+,31-,44-,46+,47-/m0/s1. The lowest BCUT2D eigenvalue weighted by atomic mass is 9.68. The van der Waals surface area contributed by atoms with Crippen LogP contribution in [0.2, 0.25) is 0 Å². The van der Waals surface area contributed by atoms with Gasteiger partial charge in [-0.1, -0.05) is 32.1 Å². The van der Waals surface area contributed by atoms with Crippen molar-refractivity contribution in [1.82, 2.24) is 10.3 Å². The number of aromatic hydroxyl groups is 1. The summed E-state index contributed by atoms with van der Waals surface area (Å²) in [6.45, 7) is 11.1. The van der Waals surface area contributed by atoms with Crippen molar-refractivity contribution in [2.24, 2.45) is 11.8 Å². The van der Waals surface area contributed by atoms with E-state index in [9.17, 15) is 29.7 Å². The second-order valence-electron chi connectivity index (χ2n) is 17.7. The number of benzene rings is 3. The van der Waals surface area contributed by atoms with Crippen LogP contribution in [0.4, 0.5) is 11.4 Å². The molecule has 0 radical (unpaired) electrons. The first-order chi connectivity index (χ1) is 29.9. The number of carbonyl (C=O) groups is 2. The predicted octanol–water partition coefficient (Wildman–Crippen LogP) is 4.86. The van der Waals surface area contributed by atoms with Crippen LogP contribution in [0, 0.1) is 11.8 Å². The number of phenolic OH excluding ortho intramolecular Hbond substituents is 1. The van der Waals surface area contributed by atoms with Gasteiger partial charge in [0.2, 0.25) is 10.9 Å². The van der Waals surface area contributed by atoms with Gasteiger partial charge in [0.25, 0.3) is 5.91 Å². The number of anilines is 2. The van der Waals surface area contributed by atoms with Gasteiger partial charge < -0.3 is 54.2 Å². The molecule has 4 aliphatic rings. The third-order valence-corrected chi connectivity index (χ3v) is 13.2. The van der Waals surface area contributed by atoms with Crippen molar-refractivity contribution in [2.45, 2.75) is 103 Å². The quantitative estimate of drug-likeness (QED) is 0.105. The van der Waals surface area contributed by atoms with Crippen molar-refractivity contribution < 1.29 is 48.3 Å². The Balaban J connectivity index is 1.54. The molecule has 0 unspecified atom stereocenters. The highest BCUT2D eigenvalue weighted by Crippen LogP contribution is 2.52. The summed E-state index contributed by atoms with van der Waals surface area (Å²) in [5.41, 5.74) is -3.48. The van der Waals surface area contributed by atoms with Gasteiger partial charge in [-0.2, -0.15) is 0 Å². The van der Waals surface area contributed by atoms with Gasteiger partial charge in [0, 0.05) is 68.9 Å². The summed E-state index contributed by atoms with van der Waals surface area (Å²) in [7, 11) is 3.30. The van der Waals surface area contributed by atoms with Crippen LogP contribution in [0.5, 0.6) is 11.5 Å². The minimum absolute atomic E-state index is 0.0190. The van der Waals surface area contributed by atoms with Gasteiger partial charge in [-0.3, -0.25) is 19.2 Å². The van der Waals surface area contributed by atoms with Crippen molar-refractivity contribution in [3.05, 3.63) is 79.5 Å². The topological polar surface area (TPSA) is 219 Å². The summed E-state index contributed by atoms with van der Waals surface area (Å²) in [4.78, 5) is 63.4. The van der Waals surface area contributed by atoms with E-state index < -0.39 is 74.8 Å². The minimum atomic E-state index is -1.97. The number of allylic oxidation sites excluding steroid dienone is 3. The highest BCUT2D eigenvalue weighted by atomic mass is 16.7. The third-order valence-electron chi connectivity index (χ3n) is 13.2. The minimum Gasteiger partial charge on any atom is -0.507 e. The van der Waals surface area contributed by atoms with Crippen LogP contribution < -0.4 is 36.3 Å². The molecule has 16 heteroatoms. The number of methoxy groups -OCH3 is 1. The number of aromatic nitrogens is 1. The molecule has 63 heavy (non-hydrogen) atoms. The molecule has 334 valence electrons. The normalized spacial score (nSPS) is 29.9. The summed E-state index contributed by atoms with van der Waals surface area (Å²) >= 11 is 0. The van der Waals surface area contributed by atoms with Gasteiger partial charge in [0.1, 0.15) is 28.8 Å². The number of rotatable bonds is 4. The van der Waals surface area contributed by atoms with Crippen molar-refractivity contribution in [2.75, 3.05) is 37.5 Å².